The van der Waals surface area contributed by atoms with Gasteiger partial charge in [-0.2, -0.15) is 5.10 Å². The molecule has 2 aromatic heterocycles. The molecule has 0 saturated heterocycles. The number of amides is 2. The van der Waals surface area contributed by atoms with Crippen LogP contribution in [0.15, 0.2) is 85.6 Å². The average Bonchev–Trinajstić information content (AvgIpc) is 3.50. The first-order valence-electron chi connectivity index (χ1n) is 15.6. The molecule has 250 valence electrons. The second kappa shape index (κ2) is 16.5. The van der Waals surface area contributed by atoms with Crippen molar-refractivity contribution < 1.29 is 14.3 Å². The summed E-state index contributed by atoms with van der Waals surface area (Å²) in [7, 11) is 0. The maximum atomic E-state index is 13.1. The number of nitrogens with zero attached hydrogens (tertiary/aromatic N) is 5. The summed E-state index contributed by atoms with van der Waals surface area (Å²) >= 11 is 8.96. The van der Waals surface area contributed by atoms with Gasteiger partial charge >= 0.3 is 6.09 Å². The minimum absolute atomic E-state index is 0.139. The van der Waals surface area contributed by atoms with E-state index in [1.807, 2.05) is 80.0 Å². The van der Waals surface area contributed by atoms with Gasteiger partial charge in [-0.1, -0.05) is 54.1 Å². The van der Waals surface area contributed by atoms with Crippen molar-refractivity contribution in [1.29, 1.82) is 0 Å². The largest absolute Gasteiger partial charge is 0.444 e. The van der Waals surface area contributed by atoms with Gasteiger partial charge < -0.3 is 20.3 Å². The molecule has 0 bridgehead atoms. The van der Waals surface area contributed by atoms with Gasteiger partial charge in [-0.15, -0.1) is 0 Å². The van der Waals surface area contributed by atoms with E-state index in [1.54, 1.807) is 17.3 Å². The lowest BCUT2D eigenvalue weighted by Crippen LogP contribution is -2.39. The third-order valence-corrected chi connectivity index (χ3v) is 9.61. The summed E-state index contributed by atoms with van der Waals surface area (Å²) in [6.07, 6.45) is 7.80. The molecule has 10 nitrogen and oxygen atoms in total. The lowest BCUT2D eigenvalue weighted by molar-refractivity contribution is -0.121. The molecule has 0 radical (unpaired) electrons. The monoisotopic (exact) mass is 797 g/mol. The molecule has 5 aromatic rings. The number of hydrogen-bond donors (Lipinski definition) is 2. The molecule has 5 rings (SSSR count). The number of fused-ring (bicyclic) bond motifs is 1. The highest BCUT2D eigenvalue weighted by Gasteiger charge is 2.23. The third-order valence-electron chi connectivity index (χ3n) is 7.41. The number of carbonyl (C=O) groups excluding carboxylic acids is 2. The summed E-state index contributed by atoms with van der Waals surface area (Å²) in [6.45, 7) is 7.06. The van der Waals surface area contributed by atoms with Gasteiger partial charge in [-0.05, 0) is 84.1 Å². The Morgan fingerprint density at radius 2 is 1.75 bits per heavy atom. The Labute approximate surface area is 300 Å². The van der Waals surface area contributed by atoms with Crippen LogP contribution in [0.1, 0.15) is 39.2 Å². The van der Waals surface area contributed by atoms with Gasteiger partial charge in [-0.25, -0.2) is 19.2 Å². The SMILES string of the molecule is CC(C)(C)OC(=O)N(CCC(=O)NCCCNc1cc(-c2cncnc2)cc2c1cnn2PI)Cc1ccc(-c2ccccc2)c(Cl)c1. The average molecular weight is 798 g/mol. The van der Waals surface area contributed by atoms with Crippen LogP contribution in [0, 0.1) is 0 Å². The maximum absolute atomic E-state index is 13.1. The molecule has 2 amide bonds. The molecule has 2 heterocycles. The van der Waals surface area contributed by atoms with E-state index in [0.29, 0.717) is 30.9 Å². The van der Waals surface area contributed by atoms with Crippen molar-refractivity contribution >= 4 is 68.6 Å². The quantitative estimate of drug-likeness (QED) is 0.0700. The highest BCUT2D eigenvalue weighted by Crippen LogP contribution is 2.35. The molecule has 1 atom stereocenters. The van der Waals surface area contributed by atoms with Gasteiger partial charge in [0.2, 0.25) is 5.91 Å². The maximum Gasteiger partial charge on any atom is 0.410 e. The Morgan fingerprint density at radius 3 is 2.46 bits per heavy atom. The van der Waals surface area contributed by atoms with Crippen molar-refractivity contribution in [2.75, 3.05) is 25.0 Å². The summed E-state index contributed by atoms with van der Waals surface area (Å²) in [5, 5.41) is 12.7. The Kier molecular flexibility index (Phi) is 12.2. The number of rotatable bonds is 13. The minimum Gasteiger partial charge on any atom is -0.444 e. The van der Waals surface area contributed by atoms with Crippen LogP contribution in [0.3, 0.4) is 0 Å². The van der Waals surface area contributed by atoms with Gasteiger partial charge in [0.05, 0.1) is 18.1 Å². The third kappa shape index (κ3) is 9.64. The number of anilines is 1. The zero-order chi connectivity index (χ0) is 34.1. The standard InChI is InChI=1S/C35H38ClIN7O3P/c1-35(2,3)47-34(46)43(22-24-10-11-28(30(36)16-24)25-8-5-4-6-9-25)15-12-33(45)41-14-7-13-40-31-17-26(27-19-38-23-39-20-27)18-32-29(31)21-42-44(32)48-37/h4-6,8-11,16-21,23,40,48H,7,12-15,22H2,1-3H3,(H,41,45). The highest BCUT2D eigenvalue weighted by atomic mass is 127. The zero-order valence-corrected chi connectivity index (χ0v) is 31.0. The van der Waals surface area contributed by atoms with Crippen LogP contribution in [-0.2, 0) is 16.1 Å². The second-order valence-corrected chi connectivity index (χ2v) is 14.6. The van der Waals surface area contributed by atoms with Crippen LogP contribution in [0.25, 0.3) is 33.2 Å². The van der Waals surface area contributed by atoms with E-state index < -0.39 is 11.7 Å². The van der Waals surface area contributed by atoms with E-state index in [-0.39, 0.29) is 25.4 Å². The van der Waals surface area contributed by atoms with Crippen LogP contribution >= 0.6 is 40.0 Å². The summed E-state index contributed by atoms with van der Waals surface area (Å²) in [6, 6.07) is 19.8. The van der Waals surface area contributed by atoms with Crippen LogP contribution in [0.5, 0.6) is 0 Å². The fraction of sp³-hybridized carbons (Fsp3) is 0.286. The van der Waals surface area contributed by atoms with Crippen molar-refractivity contribution in [3.63, 3.8) is 0 Å². The molecule has 13 heteroatoms. The molecule has 0 aliphatic carbocycles. The van der Waals surface area contributed by atoms with Crippen molar-refractivity contribution in [3.8, 4) is 22.3 Å². The summed E-state index contributed by atoms with van der Waals surface area (Å²) < 4.78 is 7.64. The fourth-order valence-electron chi connectivity index (χ4n) is 5.11. The predicted molar refractivity (Wildman–Crippen MR) is 203 cm³/mol. The first-order valence-corrected chi connectivity index (χ1v) is 20.0. The smallest absolute Gasteiger partial charge is 0.410 e. The molecule has 3 aromatic carbocycles. The first-order chi connectivity index (χ1) is 23.1. The lowest BCUT2D eigenvalue weighted by atomic mass is 10.0. The lowest BCUT2D eigenvalue weighted by Gasteiger charge is -2.27. The van der Waals surface area contributed by atoms with Crippen LogP contribution in [0.4, 0.5) is 10.5 Å². The molecule has 1 unspecified atom stereocenters. The summed E-state index contributed by atoms with van der Waals surface area (Å²) in [4.78, 5) is 35.9. The Hall–Kier alpha value is -3.80. The molecule has 0 aliphatic heterocycles. The number of aromatic nitrogens is 4. The Morgan fingerprint density at radius 1 is 0.979 bits per heavy atom. The Balaban J connectivity index is 1.16. The minimum atomic E-state index is -0.672. The Bertz CT molecular complexity index is 1850. The molecule has 48 heavy (non-hydrogen) atoms. The molecule has 0 aliphatic rings. The van der Waals surface area contributed by atoms with Crippen molar-refractivity contribution in [2.45, 2.75) is 45.8 Å². The van der Waals surface area contributed by atoms with Gasteiger partial charge in [-0.3, -0.25) is 4.79 Å². The van der Waals surface area contributed by atoms with Crippen molar-refractivity contribution in [1.82, 2.24) is 29.7 Å². The van der Waals surface area contributed by atoms with Gasteiger partial charge in [0, 0.05) is 72.2 Å². The van der Waals surface area contributed by atoms with E-state index in [9.17, 15) is 9.59 Å². The number of benzene rings is 3. The van der Waals surface area contributed by atoms with E-state index in [1.165, 1.54) is 6.33 Å². The molecular weight excluding hydrogens is 760 g/mol. The molecule has 2 N–H and O–H groups in total. The second-order valence-electron chi connectivity index (χ2n) is 12.2. The van der Waals surface area contributed by atoms with E-state index >= 15 is 0 Å². The zero-order valence-electron chi connectivity index (χ0n) is 27.0. The number of ether oxygens (including phenoxy) is 1. The van der Waals surface area contributed by atoms with E-state index in [0.717, 1.165) is 44.4 Å². The predicted octanol–water partition coefficient (Wildman–Crippen LogP) is 8.35. The summed E-state index contributed by atoms with van der Waals surface area (Å²) in [5.41, 5.74) is 6.02. The summed E-state index contributed by atoms with van der Waals surface area (Å²) in [5.74, 6) is -0.140. The van der Waals surface area contributed by atoms with Crippen molar-refractivity contribution in [2.24, 2.45) is 0 Å². The normalized spacial score (nSPS) is 11.6. The van der Waals surface area contributed by atoms with Crippen LogP contribution < -0.4 is 10.6 Å². The number of carbonyl (C=O) groups is 2. The van der Waals surface area contributed by atoms with E-state index in [2.05, 4.69) is 59.9 Å². The number of hydrogen-bond acceptors (Lipinski definition) is 7. The molecule has 0 fully saturated rings. The molecule has 0 saturated carbocycles. The first kappa shape index (κ1) is 35.5. The highest BCUT2D eigenvalue weighted by molar-refractivity contribution is 14.2. The van der Waals surface area contributed by atoms with Crippen molar-refractivity contribution in [3.05, 3.63) is 96.2 Å². The number of nitrogens with one attached hydrogen (secondary N) is 2. The fourth-order valence-corrected chi connectivity index (χ4v) is 6.95. The van der Waals surface area contributed by atoms with Crippen LogP contribution in [-0.4, -0.2) is 61.7 Å². The number of halogens is 2. The van der Waals surface area contributed by atoms with Gasteiger partial charge in [0.25, 0.3) is 0 Å². The van der Waals surface area contributed by atoms with Crippen LogP contribution in [0.2, 0.25) is 5.02 Å². The topological polar surface area (TPSA) is 114 Å². The van der Waals surface area contributed by atoms with Gasteiger partial charge in [0.15, 0.2) is 0 Å². The molecule has 0 spiro atoms. The van der Waals surface area contributed by atoms with E-state index in [4.69, 9.17) is 16.3 Å². The molecular formula is C35H38ClIN7O3P. The van der Waals surface area contributed by atoms with Gasteiger partial charge in [0.1, 0.15) is 11.9 Å².